The summed E-state index contributed by atoms with van der Waals surface area (Å²) in [5.41, 5.74) is 0.636. The molecule has 23 heavy (non-hydrogen) atoms. The van der Waals surface area contributed by atoms with E-state index in [1.807, 2.05) is 0 Å². The number of hydrogen-bond donors (Lipinski definition) is 1. The fourth-order valence-electron chi connectivity index (χ4n) is 2.43. The molecule has 0 aliphatic carbocycles. The summed E-state index contributed by atoms with van der Waals surface area (Å²) in [6, 6.07) is 6.10. The van der Waals surface area contributed by atoms with Crippen LogP contribution in [0.2, 0.25) is 0 Å². The molecule has 0 aromatic heterocycles. The first-order valence-electron chi connectivity index (χ1n) is 7.19. The summed E-state index contributed by atoms with van der Waals surface area (Å²) in [6.07, 6.45) is 0. The Morgan fingerprint density at radius 2 is 1.83 bits per heavy atom. The lowest BCUT2D eigenvalue weighted by Crippen LogP contribution is -2.43. The van der Waals surface area contributed by atoms with Crippen molar-refractivity contribution in [2.75, 3.05) is 33.1 Å². The summed E-state index contributed by atoms with van der Waals surface area (Å²) in [5, 5.41) is 0. The smallest absolute Gasteiger partial charge is 0.241 e. The first-order valence-corrected chi connectivity index (χ1v) is 10.3. The molecule has 9 heteroatoms. The van der Waals surface area contributed by atoms with Gasteiger partial charge in [0.05, 0.1) is 29.9 Å². The maximum Gasteiger partial charge on any atom is 0.241 e. The standard InChI is InChI=1S/C14H22N2O5S2/c1-11-6-4-5-7-14(11)23(19,20)15-13-9-21-8-12(13)10-22(17,18)16(2)3/h4-7,12-13,15H,8-10H2,1-3H3/t12-,13-/m0/s1. The molecule has 1 aliphatic heterocycles. The van der Waals surface area contributed by atoms with E-state index in [0.29, 0.717) is 5.56 Å². The minimum Gasteiger partial charge on any atom is -0.379 e. The third-order valence-corrected chi connectivity index (χ3v) is 7.48. The van der Waals surface area contributed by atoms with E-state index in [4.69, 9.17) is 4.74 Å². The molecule has 1 aromatic rings. The summed E-state index contributed by atoms with van der Waals surface area (Å²) in [6.45, 7) is 2.10. The number of hydrogen-bond acceptors (Lipinski definition) is 5. The Kier molecular flexibility index (Phi) is 5.47. The van der Waals surface area contributed by atoms with Crippen molar-refractivity contribution >= 4 is 20.0 Å². The molecular formula is C14H22N2O5S2. The minimum absolute atomic E-state index is 0.152. The van der Waals surface area contributed by atoms with Crippen molar-refractivity contribution in [1.82, 2.24) is 9.03 Å². The van der Waals surface area contributed by atoms with Gasteiger partial charge in [-0.05, 0) is 18.6 Å². The van der Waals surface area contributed by atoms with Gasteiger partial charge in [-0.3, -0.25) is 0 Å². The van der Waals surface area contributed by atoms with Gasteiger partial charge in [-0.2, -0.15) is 0 Å². The molecule has 0 saturated carbocycles. The maximum atomic E-state index is 12.5. The Labute approximate surface area is 137 Å². The number of rotatable bonds is 6. The van der Waals surface area contributed by atoms with Crippen LogP contribution >= 0.6 is 0 Å². The van der Waals surface area contributed by atoms with Crippen molar-refractivity contribution in [2.24, 2.45) is 5.92 Å². The zero-order valence-corrected chi connectivity index (χ0v) is 15.0. The second kappa shape index (κ2) is 6.86. The van der Waals surface area contributed by atoms with Crippen LogP contribution < -0.4 is 4.72 Å². The van der Waals surface area contributed by atoms with Gasteiger partial charge in [-0.15, -0.1) is 0 Å². The van der Waals surface area contributed by atoms with Crippen molar-refractivity contribution < 1.29 is 21.6 Å². The monoisotopic (exact) mass is 362 g/mol. The van der Waals surface area contributed by atoms with E-state index in [1.165, 1.54) is 20.2 Å². The summed E-state index contributed by atoms with van der Waals surface area (Å²) in [7, 11) is -4.23. The van der Waals surface area contributed by atoms with Gasteiger partial charge < -0.3 is 4.74 Å². The summed E-state index contributed by atoms with van der Waals surface area (Å²) in [4.78, 5) is 0.195. The quantitative estimate of drug-likeness (QED) is 0.779. The van der Waals surface area contributed by atoms with Gasteiger partial charge in [0.1, 0.15) is 0 Å². The Bertz CT molecular complexity index is 759. The summed E-state index contributed by atoms with van der Waals surface area (Å²) < 4.78 is 58.1. The van der Waals surface area contributed by atoms with Crippen LogP contribution in [0.1, 0.15) is 5.56 Å². The van der Waals surface area contributed by atoms with E-state index in [1.54, 1.807) is 25.1 Å². The van der Waals surface area contributed by atoms with Crippen LogP contribution in [0.3, 0.4) is 0 Å². The van der Waals surface area contributed by atoms with Gasteiger partial charge in [-0.25, -0.2) is 25.9 Å². The van der Waals surface area contributed by atoms with Crippen LogP contribution in [0.15, 0.2) is 29.2 Å². The third-order valence-electron chi connectivity index (χ3n) is 3.87. The fourth-order valence-corrected chi connectivity index (χ4v) is 5.14. The largest absolute Gasteiger partial charge is 0.379 e. The van der Waals surface area contributed by atoms with Gasteiger partial charge in [0.25, 0.3) is 0 Å². The van der Waals surface area contributed by atoms with Crippen LogP contribution in [-0.4, -0.2) is 60.2 Å². The molecule has 0 spiro atoms. The molecule has 0 radical (unpaired) electrons. The number of sulfonamides is 2. The second-order valence-corrected chi connectivity index (χ2v) is 9.76. The van der Waals surface area contributed by atoms with Gasteiger partial charge >= 0.3 is 0 Å². The molecular weight excluding hydrogens is 340 g/mol. The van der Waals surface area contributed by atoms with Crippen molar-refractivity contribution in [3.63, 3.8) is 0 Å². The van der Waals surface area contributed by atoms with E-state index >= 15 is 0 Å². The molecule has 1 saturated heterocycles. The topological polar surface area (TPSA) is 92.8 Å². The second-order valence-electron chi connectivity index (χ2n) is 5.85. The minimum atomic E-state index is -3.72. The Morgan fingerprint density at radius 1 is 1.17 bits per heavy atom. The van der Waals surface area contributed by atoms with Crippen molar-refractivity contribution in [3.8, 4) is 0 Å². The van der Waals surface area contributed by atoms with Crippen LogP contribution in [0, 0.1) is 12.8 Å². The molecule has 0 bridgehead atoms. The zero-order chi connectivity index (χ0) is 17.3. The highest BCUT2D eigenvalue weighted by molar-refractivity contribution is 7.89. The van der Waals surface area contributed by atoms with Gasteiger partial charge in [0, 0.05) is 20.0 Å². The number of nitrogens with zero attached hydrogens (tertiary/aromatic N) is 1. The number of nitrogens with one attached hydrogen (secondary N) is 1. The van der Waals surface area contributed by atoms with Crippen LogP contribution in [0.4, 0.5) is 0 Å². The molecule has 1 aliphatic rings. The number of aryl methyl sites for hydroxylation is 1. The van der Waals surface area contributed by atoms with E-state index in [9.17, 15) is 16.8 Å². The molecule has 130 valence electrons. The predicted octanol–water partition coefficient (Wildman–Crippen LogP) is 0.180. The lowest BCUT2D eigenvalue weighted by Gasteiger charge is -2.21. The number of ether oxygens (including phenoxy) is 1. The highest BCUT2D eigenvalue weighted by Crippen LogP contribution is 2.21. The van der Waals surface area contributed by atoms with E-state index in [2.05, 4.69) is 4.72 Å². The fraction of sp³-hybridized carbons (Fsp3) is 0.571. The highest BCUT2D eigenvalue weighted by atomic mass is 32.2. The van der Waals surface area contributed by atoms with Gasteiger partial charge in [-0.1, -0.05) is 18.2 Å². The van der Waals surface area contributed by atoms with E-state index in [-0.39, 0.29) is 23.9 Å². The van der Waals surface area contributed by atoms with E-state index in [0.717, 1.165) is 4.31 Å². The average molecular weight is 362 g/mol. The highest BCUT2D eigenvalue weighted by Gasteiger charge is 2.36. The van der Waals surface area contributed by atoms with Gasteiger partial charge in [0.15, 0.2) is 0 Å². The molecule has 2 atom stereocenters. The van der Waals surface area contributed by atoms with Gasteiger partial charge in [0.2, 0.25) is 20.0 Å². The molecule has 0 unspecified atom stereocenters. The van der Waals surface area contributed by atoms with Crippen molar-refractivity contribution in [3.05, 3.63) is 29.8 Å². The van der Waals surface area contributed by atoms with Crippen molar-refractivity contribution in [1.29, 1.82) is 0 Å². The lowest BCUT2D eigenvalue weighted by molar-refractivity contribution is 0.185. The Morgan fingerprint density at radius 3 is 2.43 bits per heavy atom. The Hall–Kier alpha value is -1.00. The van der Waals surface area contributed by atoms with Crippen LogP contribution in [0.25, 0.3) is 0 Å². The molecule has 7 nitrogen and oxygen atoms in total. The SMILES string of the molecule is Cc1ccccc1S(=O)(=O)N[C@H]1COC[C@H]1CS(=O)(=O)N(C)C. The number of benzene rings is 1. The lowest BCUT2D eigenvalue weighted by atomic mass is 10.1. The summed E-state index contributed by atoms with van der Waals surface area (Å²) in [5.74, 6) is -0.567. The average Bonchev–Trinajstić information content (AvgIpc) is 2.84. The van der Waals surface area contributed by atoms with Crippen LogP contribution in [-0.2, 0) is 24.8 Å². The first kappa shape index (κ1) is 18.3. The van der Waals surface area contributed by atoms with Crippen LogP contribution in [0.5, 0.6) is 0 Å². The maximum absolute atomic E-state index is 12.5. The molecule has 1 aromatic carbocycles. The molecule has 1 fully saturated rings. The normalized spacial score (nSPS) is 22.6. The predicted molar refractivity (Wildman–Crippen MR) is 87.1 cm³/mol. The third kappa shape index (κ3) is 4.30. The molecule has 0 amide bonds. The molecule has 1 heterocycles. The summed E-state index contributed by atoms with van der Waals surface area (Å²) >= 11 is 0. The molecule has 1 N–H and O–H groups in total. The first-order chi connectivity index (χ1) is 10.6. The molecule has 2 rings (SSSR count). The van der Waals surface area contributed by atoms with E-state index < -0.39 is 32.0 Å². The Balaban J connectivity index is 2.17. The zero-order valence-electron chi connectivity index (χ0n) is 13.4. The van der Waals surface area contributed by atoms with Crippen molar-refractivity contribution in [2.45, 2.75) is 17.9 Å².